The Labute approximate surface area is 117 Å². The van der Waals surface area contributed by atoms with Gasteiger partial charge in [0, 0.05) is 13.1 Å². The van der Waals surface area contributed by atoms with E-state index in [-0.39, 0.29) is 0 Å². The molecule has 3 aromatic rings. The molecule has 1 aromatic heterocycles. The Hall–Kier alpha value is -2.49. The third kappa shape index (κ3) is 2.32. The number of nitrogens with zero attached hydrogens (tertiary/aromatic N) is 2. The number of aromatic nitrogens is 2. The maximum absolute atomic E-state index is 5.78. The SMILES string of the molecule is COc1cccc(OCc2nc3ccccc3n2C)c1. The zero-order chi connectivity index (χ0) is 13.9. The van der Waals surface area contributed by atoms with Gasteiger partial charge in [-0.25, -0.2) is 4.98 Å². The van der Waals surface area contributed by atoms with Crippen LogP contribution in [0.1, 0.15) is 5.82 Å². The summed E-state index contributed by atoms with van der Waals surface area (Å²) in [4.78, 5) is 4.58. The Bertz CT molecular complexity index is 734. The first kappa shape index (κ1) is 12.5. The van der Waals surface area contributed by atoms with Gasteiger partial charge < -0.3 is 14.0 Å². The standard InChI is InChI=1S/C16H16N2O2/c1-18-15-9-4-3-8-14(15)17-16(18)11-20-13-7-5-6-12(10-13)19-2/h3-10H,11H2,1-2H3. The second-order valence-electron chi connectivity index (χ2n) is 4.54. The summed E-state index contributed by atoms with van der Waals surface area (Å²) < 4.78 is 13.0. The average molecular weight is 268 g/mol. The summed E-state index contributed by atoms with van der Waals surface area (Å²) in [6.45, 7) is 0.429. The number of hydrogen-bond donors (Lipinski definition) is 0. The molecule has 4 heteroatoms. The second kappa shape index (κ2) is 5.25. The lowest BCUT2D eigenvalue weighted by Crippen LogP contribution is -2.03. The fourth-order valence-electron chi connectivity index (χ4n) is 2.16. The predicted molar refractivity (Wildman–Crippen MR) is 78.0 cm³/mol. The summed E-state index contributed by atoms with van der Waals surface area (Å²) in [6, 6.07) is 15.6. The molecule has 0 amide bonds. The van der Waals surface area contributed by atoms with Crippen LogP contribution in [0.2, 0.25) is 0 Å². The molecule has 1 heterocycles. The summed E-state index contributed by atoms with van der Waals surface area (Å²) in [5, 5.41) is 0. The van der Waals surface area contributed by atoms with Crippen molar-refractivity contribution in [3.63, 3.8) is 0 Å². The molecule has 3 rings (SSSR count). The highest BCUT2D eigenvalue weighted by Crippen LogP contribution is 2.21. The van der Waals surface area contributed by atoms with Crippen LogP contribution in [0.3, 0.4) is 0 Å². The van der Waals surface area contributed by atoms with Gasteiger partial charge in [-0.05, 0) is 24.3 Å². The van der Waals surface area contributed by atoms with Gasteiger partial charge in [0.25, 0.3) is 0 Å². The predicted octanol–water partition coefficient (Wildman–Crippen LogP) is 3.16. The molecule has 0 aliphatic rings. The first-order valence-corrected chi connectivity index (χ1v) is 6.45. The fraction of sp³-hybridized carbons (Fsp3) is 0.188. The van der Waals surface area contributed by atoms with Crippen LogP contribution in [0.15, 0.2) is 48.5 Å². The van der Waals surface area contributed by atoms with E-state index in [0.717, 1.165) is 28.4 Å². The lowest BCUT2D eigenvalue weighted by atomic mass is 10.3. The topological polar surface area (TPSA) is 36.3 Å². The summed E-state index contributed by atoms with van der Waals surface area (Å²) in [6.07, 6.45) is 0. The summed E-state index contributed by atoms with van der Waals surface area (Å²) in [5.41, 5.74) is 2.09. The number of imidazole rings is 1. The molecule has 0 atom stereocenters. The molecular weight excluding hydrogens is 252 g/mol. The fourth-order valence-corrected chi connectivity index (χ4v) is 2.16. The van der Waals surface area contributed by atoms with Crippen LogP contribution in [-0.4, -0.2) is 16.7 Å². The molecule has 0 aliphatic heterocycles. The minimum atomic E-state index is 0.429. The molecule has 0 aliphatic carbocycles. The van der Waals surface area contributed by atoms with Gasteiger partial charge in [0.05, 0.1) is 18.1 Å². The maximum Gasteiger partial charge on any atom is 0.147 e. The van der Waals surface area contributed by atoms with Crippen molar-refractivity contribution in [2.24, 2.45) is 7.05 Å². The van der Waals surface area contributed by atoms with Crippen molar-refractivity contribution in [3.05, 3.63) is 54.4 Å². The molecule has 0 saturated heterocycles. The Morgan fingerprint density at radius 2 is 1.85 bits per heavy atom. The second-order valence-corrected chi connectivity index (χ2v) is 4.54. The van der Waals surface area contributed by atoms with Crippen molar-refractivity contribution >= 4 is 11.0 Å². The number of aryl methyl sites for hydroxylation is 1. The summed E-state index contributed by atoms with van der Waals surface area (Å²) in [7, 11) is 3.64. The minimum Gasteiger partial charge on any atom is -0.497 e. The van der Waals surface area contributed by atoms with Gasteiger partial charge in [0.15, 0.2) is 0 Å². The number of ether oxygens (including phenoxy) is 2. The third-order valence-corrected chi connectivity index (χ3v) is 3.29. The van der Waals surface area contributed by atoms with E-state index < -0.39 is 0 Å². The van der Waals surface area contributed by atoms with Gasteiger partial charge >= 0.3 is 0 Å². The third-order valence-electron chi connectivity index (χ3n) is 3.29. The number of methoxy groups -OCH3 is 1. The van der Waals surface area contributed by atoms with E-state index in [4.69, 9.17) is 9.47 Å². The Morgan fingerprint density at radius 1 is 1.05 bits per heavy atom. The van der Waals surface area contributed by atoms with E-state index in [9.17, 15) is 0 Å². The Morgan fingerprint density at radius 3 is 2.65 bits per heavy atom. The number of benzene rings is 2. The van der Waals surface area contributed by atoms with E-state index >= 15 is 0 Å². The highest BCUT2D eigenvalue weighted by atomic mass is 16.5. The summed E-state index contributed by atoms with van der Waals surface area (Å²) in [5.74, 6) is 2.46. The zero-order valence-electron chi connectivity index (χ0n) is 11.5. The van der Waals surface area contributed by atoms with Gasteiger partial charge in [0.2, 0.25) is 0 Å². The van der Waals surface area contributed by atoms with Gasteiger partial charge in [-0.2, -0.15) is 0 Å². The van der Waals surface area contributed by atoms with Crippen molar-refractivity contribution in [1.82, 2.24) is 9.55 Å². The number of rotatable bonds is 4. The van der Waals surface area contributed by atoms with E-state index in [2.05, 4.69) is 15.6 Å². The molecule has 2 aromatic carbocycles. The van der Waals surface area contributed by atoms with Crippen molar-refractivity contribution in [1.29, 1.82) is 0 Å². The van der Waals surface area contributed by atoms with Gasteiger partial charge in [0.1, 0.15) is 23.9 Å². The van der Waals surface area contributed by atoms with E-state index in [1.165, 1.54) is 0 Å². The van der Waals surface area contributed by atoms with Crippen LogP contribution >= 0.6 is 0 Å². The van der Waals surface area contributed by atoms with Crippen LogP contribution in [0.5, 0.6) is 11.5 Å². The van der Waals surface area contributed by atoms with E-state index in [1.807, 2.05) is 49.5 Å². The molecule has 102 valence electrons. The van der Waals surface area contributed by atoms with Crippen LogP contribution in [0.4, 0.5) is 0 Å². The number of fused-ring (bicyclic) bond motifs is 1. The van der Waals surface area contributed by atoms with Crippen LogP contribution in [0.25, 0.3) is 11.0 Å². The molecule has 4 nitrogen and oxygen atoms in total. The maximum atomic E-state index is 5.78. The molecule has 0 bridgehead atoms. The smallest absolute Gasteiger partial charge is 0.147 e. The molecule has 0 fully saturated rings. The first-order valence-electron chi connectivity index (χ1n) is 6.45. The molecule has 0 spiro atoms. The molecule has 20 heavy (non-hydrogen) atoms. The highest BCUT2D eigenvalue weighted by molar-refractivity contribution is 5.75. The Balaban J connectivity index is 1.81. The van der Waals surface area contributed by atoms with E-state index in [1.54, 1.807) is 7.11 Å². The van der Waals surface area contributed by atoms with Crippen LogP contribution < -0.4 is 9.47 Å². The average Bonchev–Trinajstić information content (AvgIpc) is 2.82. The van der Waals surface area contributed by atoms with Crippen LogP contribution in [-0.2, 0) is 13.7 Å². The number of hydrogen-bond acceptors (Lipinski definition) is 3. The van der Waals surface area contributed by atoms with Gasteiger partial charge in [-0.15, -0.1) is 0 Å². The van der Waals surface area contributed by atoms with Crippen molar-refractivity contribution in [2.75, 3.05) is 7.11 Å². The molecule has 0 radical (unpaired) electrons. The van der Waals surface area contributed by atoms with Crippen molar-refractivity contribution < 1.29 is 9.47 Å². The Kier molecular flexibility index (Phi) is 3.29. The van der Waals surface area contributed by atoms with Crippen molar-refractivity contribution in [3.8, 4) is 11.5 Å². The molecule has 0 unspecified atom stereocenters. The largest absolute Gasteiger partial charge is 0.497 e. The summed E-state index contributed by atoms with van der Waals surface area (Å²) >= 11 is 0. The quantitative estimate of drug-likeness (QED) is 0.729. The normalized spacial score (nSPS) is 10.7. The number of para-hydroxylation sites is 2. The van der Waals surface area contributed by atoms with Crippen molar-refractivity contribution in [2.45, 2.75) is 6.61 Å². The highest BCUT2D eigenvalue weighted by Gasteiger charge is 2.07. The van der Waals surface area contributed by atoms with Crippen LogP contribution in [0, 0.1) is 0 Å². The molecule has 0 N–H and O–H groups in total. The van der Waals surface area contributed by atoms with E-state index in [0.29, 0.717) is 6.61 Å². The van der Waals surface area contributed by atoms with Gasteiger partial charge in [-0.3, -0.25) is 0 Å². The first-order chi connectivity index (χ1) is 9.78. The molecule has 0 saturated carbocycles. The molecular formula is C16H16N2O2. The minimum absolute atomic E-state index is 0.429. The monoisotopic (exact) mass is 268 g/mol. The lowest BCUT2D eigenvalue weighted by Gasteiger charge is -2.07. The lowest BCUT2D eigenvalue weighted by molar-refractivity contribution is 0.290. The zero-order valence-corrected chi connectivity index (χ0v) is 11.5. The van der Waals surface area contributed by atoms with Gasteiger partial charge in [-0.1, -0.05) is 18.2 Å².